The van der Waals surface area contributed by atoms with Crippen molar-refractivity contribution in [3.8, 4) is 0 Å². The number of rotatable bonds is 4. The smallest absolute Gasteiger partial charge is 0.242 e. The quantitative estimate of drug-likeness (QED) is 0.637. The maximum absolute atomic E-state index is 13.4. The van der Waals surface area contributed by atoms with Gasteiger partial charge in [-0.15, -0.1) is 11.8 Å². The minimum absolute atomic E-state index is 0.142. The van der Waals surface area contributed by atoms with Crippen LogP contribution < -0.4 is 4.90 Å². The molecule has 0 saturated carbocycles. The number of anilines is 1. The molecule has 0 N–H and O–H groups in total. The van der Waals surface area contributed by atoms with Crippen molar-refractivity contribution in [2.24, 2.45) is 0 Å². The number of carbonyl (C=O) groups is 1. The van der Waals surface area contributed by atoms with Gasteiger partial charge in [-0.2, -0.15) is 0 Å². The van der Waals surface area contributed by atoms with Gasteiger partial charge in [-0.05, 0) is 29.3 Å². The first-order chi connectivity index (χ1) is 12.2. The van der Waals surface area contributed by atoms with E-state index in [0.29, 0.717) is 5.75 Å². The number of carbonyl (C=O) groups excluding carboxylic acids is 1. The summed E-state index contributed by atoms with van der Waals surface area (Å²) in [6, 6.07) is 28.6. The molecule has 0 aliphatic carbocycles. The van der Waals surface area contributed by atoms with Gasteiger partial charge in [-0.3, -0.25) is 4.79 Å². The predicted octanol–water partition coefficient (Wildman–Crippen LogP) is 4.74. The van der Waals surface area contributed by atoms with Gasteiger partial charge < -0.3 is 4.90 Å². The Bertz CT molecular complexity index is 894. The fourth-order valence-corrected chi connectivity index (χ4v) is 4.75. The van der Waals surface area contributed by atoms with Crippen molar-refractivity contribution in [1.29, 1.82) is 0 Å². The number of benzene rings is 3. The van der Waals surface area contributed by atoms with E-state index in [4.69, 9.17) is 0 Å². The van der Waals surface area contributed by atoms with Gasteiger partial charge >= 0.3 is 0 Å². The molecule has 1 amide bonds. The first-order valence-corrected chi connectivity index (χ1v) is 9.33. The zero-order chi connectivity index (χ0) is 17.3. The molecule has 25 heavy (non-hydrogen) atoms. The molecule has 4 rings (SSSR count). The number of hydrogen-bond donors (Lipinski definition) is 0. The van der Waals surface area contributed by atoms with E-state index in [2.05, 4.69) is 30.3 Å². The number of fused-ring (bicyclic) bond motifs is 1. The second-order valence-corrected chi connectivity index (χ2v) is 7.30. The molecule has 1 aliphatic rings. The fourth-order valence-electron chi connectivity index (χ4n) is 3.57. The van der Waals surface area contributed by atoms with E-state index < -0.39 is 5.41 Å². The molecule has 0 bridgehead atoms. The van der Waals surface area contributed by atoms with Gasteiger partial charge in [0.05, 0.1) is 0 Å². The molecule has 0 aromatic heterocycles. The molecule has 0 fully saturated rings. The SMILES string of the molecule is CN1C(=O)[C@@](CSc2ccccc2)(c2ccccc2)c2ccccc21. The van der Waals surface area contributed by atoms with Crippen LogP contribution in [0.2, 0.25) is 0 Å². The van der Waals surface area contributed by atoms with Crippen LogP contribution in [0.3, 0.4) is 0 Å². The third kappa shape index (κ3) is 2.56. The first-order valence-electron chi connectivity index (χ1n) is 8.34. The Balaban J connectivity index is 1.84. The number of para-hydroxylation sites is 1. The van der Waals surface area contributed by atoms with Crippen molar-refractivity contribution in [1.82, 2.24) is 0 Å². The molecule has 0 unspecified atom stereocenters. The van der Waals surface area contributed by atoms with Crippen LogP contribution in [0.15, 0.2) is 89.8 Å². The summed E-state index contributed by atoms with van der Waals surface area (Å²) in [4.78, 5) is 16.4. The minimum Gasteiger partial charge on any atom is -0.314 e. The van der Waals surface area contributed by atoms with Crippen LogP contribution in [0.4, 0.5) is 5.69 Å². The Hall–Kier alpha value is -2.52. The molecule has 1 heterocycles. The van der Waals surface area contributed by atoms with Gasteiger partial charge in [0.15, 0.2) is 0 Å². The maximum Gasteiger partial charge on any atom is 0.242 e. The third-order valence-electron chi connectivity index (χ3n) is 4.86. The topological polar surface area (TPSA) is 20.3 Å². The molecule has 2 nitrogen and oxygen atoms in total. The highest BCUT2D eigenvalue weighted by molar-refractivity contribution is 7.99. The average Bonchev–Trinajstić information content (AvgIpc) is 2.90. The van der Waals surface area contributed by atoms with Gasteiger partial charge in [0.2, 0.25) is 5.91 Å². The number of nitrogens with zero attached hydrogens (tertiary/aromatic N) is 1. The maximum atomic E-state index is 13.4. The van der Waals surface area contributed by atoms with Gasteiger partial charge in [0, 0.05) is 23.4 Å². The lowest BCUT2D eigenvalue weighted by Gasteiger charge is -2.28. The molecule has 3 aromatic rings. The second kappa shape index (κ2) is 6.41. The Labute approximate surface area is 152 Å². The highest BCUT2D eigenvalue weighted by atomic mass is 32.2. The lowest BCUT2D eigenvalue weighted by molar-refractivity contribution is -0.120. The number of amides is 1. The van der Waals surface area contributed by atoms with Crippen molar-refractivity contribution in [2.45, 2.75) is 10.3 Å². The summed E-state index contributed by atoms with van der Waals surface area (Å²) in [5.41, 5.74) is 2.51. The van der Waals surface area contributed by atoms with Gasteiger partial charge in [0.1, 0.15) is 5.41 Å². The van der Waals surface area contributed by atoms with Crippen LogP contribution in [-0.2, 0) is 10.2 Å². The molecular formula is C22H19NOS. The summed E-state index contributed by atoms with van der Waals surface area (Å²) in [7, 11) is 1.87. The van der Waals surface area contributed by atoms with E-state index in [0.717, 1.165) is 16.8 Å². The van der Waals surface area contributed by atoms with Crippen LogP contribution in [-0.4, -0.2) is 18.7 Å². The molecule has 124 valence electrons. The van der Waals surface area contributed by atoms with Crippen molar-refractivity contribution >= 4 is 23.4 Å². The molecule has 0 radical (unpaired) electrons. The summed E-state index contributed by atoms with van der Waals surface area (Å²) < 4.78 is 0. The van der Waals surface area contributed by atoms with Crippen molar-refractivity contribution in [3.63, 3.8) is 0 Å². The van der Waals surface area contributed by atoms with E-state index in [-0.39, 0.29) is 5.91 Å². The molecule has 0 spiro atoms. The molecule has 3 aromatic carbocycles. The van der Waals surface area contributed by atoms with Crippen molar-refractivity contribution < 1.29 is 4.79 Å². The van der Waals surface area contributed by atoms with Crippen LogP contribution in [0.5, 0.6) is 0 Å². The monoisotopic (exact) mass is 345 g/mol. The van der Waals surface area contributed by atoms with E-state index in [1.807, 2.05) is 61.6 Å². The Morgan fingerprint density at radius 2 is 1.44 bits per heavy atom. The van der Waals surface area contributed by atoms with Crippen LogP contribution in [0.25, 0.3) is 0 Å². The number of thioether (sulfide) groups is 1. The largest absolute Gasteiger partial charge is 0.314 e. The predicted molar refractivity (Wildman–Crippen MR) is 104 cm³/mol. The van der Waals surface area contributed by atoms with E-state index in [9.17, 15) is 4.79 Å². The second-order valence-electron chi connectivity index (χ2n) is 6.25. The van der Waals surface area contributed by atoms with Crippen molar-refractivity contribution in [3.05, 3.63) is 96.1 Å². The van der Waals surface area contributed by atoms with E-state index in [1.165, 1.54) is 4.90 Å². The summed E-state index contributed by atoms with van der Waals surface area (Å²) in [6.45, 7) is 0. The molecule has 0 saturated heterocycles. The fraction of sp³-hybridized carbons (Fsp3) is 0.136. The molecule has 3 heteroatoms. The highest BCUT2D eigenvalue weighted by Gasteiger charge is 2.50. The molecule has 1 aliphatic heterocycles. The lowest BCUT2D eigenvalue weighted by atomic mass is 9.77. The Kier molecular flexibility index (Phi) is 4.10. The Morgan fingerprint density at radius 1 is 0.840 bits per heavy atom. The van der Waals surface area contributed by atoms with Crippen molar-refractivity contribution in [2.75, 3.05) is 17.7 Å². The zero-order valence-electron chi connectivity index (χ0n) is 14.1. The summed E-state index contributed by atoms with van der Waals surface area (Å²) >= 11 is 1.73. The van der Waals surface area contributed by atoms with Crippen LogP contribution in [0.1, 0.15) is 11.1 Å². The Morgan fingerprint density at radius 3 is 2.16 bits per heavy atom. The zero-order valence-corrected chi connectivity index (χ0v) is 14.9. The molecular weight excluding hydrogens is 326 g/mol. The van der Waals surface area contributed by atoms with Gasteiger partial charge in [-0.1, -0.05) is 66.7 Å². The number of likely N-dealkylation sites (N-methyl/N-ethyl adjacent to an activating group) is 1. The lowest BCUT2D eigenvalue weighted by Crippen LogP contribution is -2.41. The van der Waals surface area contributed by atoms with Crippen LogP contribution in [0, 0.1) is 0 Å². The average molecular weight is 345 g/mol. The summed E-state index contributed by atoms with van der Waals surface area (Å²) in [5.74, 6) is 0.824. The summed E-state index contributed by atoms with van der Waals surface area (Å²) in [6.07, 6.45) is 0. The standard InChI is InChI=1S/C22H19NOS/c1-23-20-15-9-8-14-19(20)22(21(23)24,17-10-4-2-5-11-17)16-25-18-12-6-3-7-13-18/h2-15H,16H2,1H3/t22-/m0/s1. The summed E-state index contributed by atoms with van der Waals surface area (Å²) in [5, 5.41) is 0. The highest BCUT2D eigenvalue weighted by Crippen LogP contribution is 2.48. The van der Waals surface area contributed by atoms with E-state index in [1.54, 1.807) is 16.7 Å². The minimum atomic E-state index is -0.646. The van der Waals surface area contributed by atoms with Gasteiger partial charge in [0.25, 0.3) is 0 Å². The third-order valence-corrected chi connectivity index (χ3v) is 6.04. The normalized spacial score (nSPS) is 19.1. The van der Waals surface area contributed by atoms with Crippen LogP contribution >= 0.6 is 11.8 Å². The van der Waals surface area contributed by atoms with Gasteiger partial charge in [-0.25, -0.2) is 0 Å². The number of hydrogen-bond acceptors (Lipinski definition) is 2. The first kappa shape index (κ1) is 16.0. The molecule has 1 atom stereocenters. The van der Waals surface area contributed by atoms with E-state index >= 15 is 0 Å².